The van der Waals surface area contributed by atoms with Gasteiger partial charge in [-0.3, -0.25) is 0 Å². The molecular formula is C29H38N4O8S. The molecule has 5 rings (SSSR count). The SMILES string of the molecule is CC(C)CN(C[C@@H](O)[C@H](Cc1ccccc1)NC(=O)O[C@H]1CO[C@H]2OCC[C@H]21)S(=O)(=O)c1ccc2onc(CN)c2c1. The van der Waals surface area contributed by atoms with Crippen molar-refractivity contribution in [3.63, 3.8) is 0 Å². The number of alkyl carbamates (subject to hydrolysis) is 1. The molecule has 5 atom stereocenters. The summed E-state index contributed by atoms with van der Waals surface area (Å²) in [5.74, 6) is -0.0807. The number of nitrogens with one attached hydrogen (secondary N) is 1. The number of carbonyl (C=O) groups is 1. The van der Waals surface area contributed by atoms with Crippen LogP contribution in [0.25, 0.3) is 11.0 Å². The minimum Gasteiger partial charge on any atom is -0.443 e. The van der Waals surface area contributed by atoms with Gasteiger partial charge in [-0.05, 0) is 42.5 Å². The Balaban J connectivity index is 1.36. The van der Waals surface area contributed by atoms with E-state index in [2.05, 4.69) is 10.5 Å². The summed E-state index contributed by atoms with van der Waals surface area (Å²) in [7, 11) is -4.06. The van der Waals surface area contributed by atoms with E-state index < -0.39 is 34.4 Å². The number of fused-ring (bicyclic) bond motifs is 2. The smallest absolute Gasteiger partial charge is 0.407 e. The van der Waals surface area contributed by atoms with Crippen LogP contribution in [0.15, 0.2) is 57.9 Å². The molecule has 2 aromatic carbocycles. The number of ether oxygens (including phenoxy) is 3. The second-order valence-electron chi connectivity index (χ2n) is 11.2. The number of rotatable bonds is 12. The van der Waals surface area contributed by atoms with E-state index in [-0.39, 0.29) is 55.7 Å². The highest BCUT2D eigenvalue weighted by Crippen LogP contribution is 2.33. The van der Waals surface area contributed by atoms with Crippen molar-refractivity contribution < 1.29 is 37.1 Å². The molecule has 13 heteroatoms. The third kappa shape index (κ3) is 6.77. The summed E-state index contributed by atoms with van der Waals surface area (Å²) in [5.41, 5.74) is 7.49. The lowest BCUT2D eigenvalue weighted by Crippen LogP contribution is -2.51. The molecule has 2 fully saturated rings. The molecule has 2 aliphatic rings. The van der Waals surface area contributed by atoms with Crippen molar-refractivity contribution in [3.05, 3.63) is 59.8 Å². The number of hydrogen-bond donors (Lipinski definition) is 3. The van der Waals surface area contributed by atoms with E-state index in [1.165, 1.54) is 16.4 Å². The fourth-order valence-corrected chi connectivity index (χ4v) is 7.11. The summed E-state index contributed by atoms with van der Waals surface area (Å²) in [6.45, 7) is 4.55. The van der Waals surface area contributed by atoms with Crippen LogP contribution >= 0.6 is 0 Å². The first kappa shape index (κ1) is 30.4. The third-order valence-corrected chi connectivity index (χ3v) is 9.44. The van der Waals surface area contributed by atoms with Crippen molar-refractivity contribution in [2.75, 3.05) is 26.3 Å². The van der Waals surface area contributed by atoms with Gasteiger partial charge in [0.1, 0.15) is 11.8 Å². The van der Waals surface area contributed by atoms with Crippen LogP contribution in [0.2, 0.25) is 0 Å². The van der Waals surface area contributed by atoms with E-state index in [1.807, 2.05) is 44.2 Å². The van der Waals surface area contributed by atoms with Gasteiger partial charge in [0.2, 0.25) is 10.0 Å². The average Bonchev–Trinajstić information content (AvgIpc) is 3.69. The number of nitrogens with zero attached hydrogens (tertiary/aromatic N) is 2. The molecule has 0 unspecified atom stereocenters. The first-order valence-corrected chi connectivity index (χ1v) is 15.6. The summed E-state index contributed by atoms with van der Waals surface area (Å²) < 4.78 is 51.1. The van der Waals surface area contributed by atoms with Crippen molar-refractivity contribution in [1.82, 2.24) is 14.8 Å². The molecular weight excluding hydrogens is 564 g/mol. The molecule has 0 radical (unpaired) electrons. The molecule has 2 saturated heterocycles. The van der Waals surface area contributed by atoms with Crippen LogP contribution in [-0.2, 0) is 37.2 Å². The fourth-order valence-electron chi connectivity index (χ4n) is 5.46. The molecule has 0 spiro atoms. The van der Waals surface area contributed by atoms with Gasteiger partial charge < -0.3 is 34.9 Å². The van der Waals surface area contributed by atoms with Crippen LogP contribution in [0.4, 0.5) is 4.79 Å². The van der Waals surface area contributed by atoms with Crippen molar-refractivity contribution in [2.24, 2.45) is 17.6 Å². The zero-order valence-electron chi connectivity index (χ0n) is 23.7. The van der Waals surface area contributed by atoms with Gasteiger partial charge >= 0.3 is 6.09 Å². The van der Waals surface area contributed by atoms with Crippen LogP contribution in [0.1, 0.15) is 31.5 Å². The molecule has 0 saturated carbocycles. The molecule has 1 amide bonds. The lowest BCUT2D eigenvalue weighted by Gasteiger charge is -2.31. The van der Waals surface area contributed by atoms with E-state index in [1.54, 1.807) is 6.07 Å². The molecule has 3 aromatic rings. The second-order valence-corrected chi connectivity index (χ2v) is 13.1. The molecule has 0 aliphatic carbocycles. The van der Waals surface area contributed by atoms with E-state index in [0.717, 1.165) is 12.0 Å². The van der Waals surface area contributed by atoms with Gasteiger partial charge in [0.05, 0.1) is 36.2 Å². The van der Waals surface area contributed by atoms with Crippen LogP contribution in [0, 0.1) is 11.8 Å². The zero-order valence-corrected chi connectivity index (χ0v) is 24.5. The van der Waals surface area contributed by atoms with Gasteiger partial charge in [0, 0.05) is 25.0 Å². The first-order valence-electron chi connectivity index (χ1n) is 14.2. The van der Waals surface area contributed by atoms with Crippen molar-refractivity contribution in [1.29, 1.82) is 0 Å². The number of nitrogens with two attached hydrogens (primary N) is 1. The number of hydrogen-bond acceptors (Lipinski definition) is 10. The van der Waals surface area contributed by atoms with Crippen molar-refractivity contribution in [2.45, 2.75) is 62.7 Å². The Hall–Kier alpha value is -3.07. The Morgan fingerprint density at radius 3 is 2.71 bits per heavy atom. The highest BCUT2D eigenvalue weighted by Gasteiger charge is 2.44. The molecule has 1 aromatic heterocycles. The van der Waals surface area contributed by atoms with E-state index in [0.29, 0.717) is 23.3 Å². The van der Waals surface area contributed by atoms with Crippen molar-refractivity contribution >= 4 is 27.1 Å². The van der Waals surface area contributed by atoms with E-state index in [4.69, 9.17) is 24.5 Å². The maximum Gasteiger partial charge on any atom is 0.407 e. The van der Waals surface area contributed by atoms with Gasteiger partial charge in [-0.15, -0.1) is 0 Å². The van der Waals surface area contributed by atoms with Crippen LogP contribution in [0.3, 0.4) is 0 Å². The normalized spacial score (nSPS) is 22.0. The average molecular weight is 603 g/mol. The van der Waals surface area contributed by atoms with Crippen LogP contribution < -0.4 is 11.1 Å². The lowest BCUT2D eigenvalue weighted by atomic mass is 10.0. The maximum atomic E-state index is 13.9. The third-order valence-electron chi connectivity index (χ3n) is 7.62. The Bertz CT molecular complexity index is 1460. The Morgan fingerprint density at radius 2 is 1.98 bits per heavy atom. The number of aliphatic hydroxyl groups is 1. The van der Waals surface area contributed by atoms with Gasteiger partial charge in [-0.2, -0.15) is 4.31 Å². The molecule has 4 N–H and O–H groups in total. The van der Waals surface area contributed by atoms with Gasteiger partial charge in [-0.25, -0.2) is 13.2 Å². The Morgan fingerprint density at radius 1 is 1.19 bits per heavy atom. The number of carbonyl (C=O) groups excluding carboxylic acids is 1. The van der Waals surface area contributed by atoms with E-state index >= 15 is 0 Å². The van der Waals surface area contributed by atoms with Gasteiger partial charge in [0.15, 0.2) is 11.9 Å². The molecule has 228 valence electrons. The predicted octanol–water partition coefficient (Wildman–Crippen LogP) is 2.39. The number of amides is 1. The number of sulfonamides is 1. The quantitative estimate of drug-likeness (QED) is 0.280. The highest BCUT2D eigenvalue weighted by molar-refractivity contribution is 7.89. The minimum absolute atomic E-state index is 0.0299. The lowest BCUT2D eigenvalue weighted by molar-refractivity contribution is -0.0907. The summed E-state index contributed by atoms with van der Waals surface area (Å²) in [6, 6.07) is 13.0. The summed E-state index contributed by atoms with van der Waals surface area (Å²) in [6.07, 6.45) is -1.81. The molecule has 0 bridgehead atoms. The minimum atomic E-state index is -4.06. The van der Waals surface area contributed by atoms with Crippen LogP contribution in [0.5, 0.6) is 0 Å². The monoisotopic (exact) mass is 602 g/mol. The predicted molar refractivity (Wildman–Crippen MR) is 153 cm³/mol. The standard InChI is InChI=1S/C29H38N4O8S/c1-18(2)15-33(42(36,37)20-8-9-26-22(13-20)24(14-30)32-41-26)16-25(34)23(12-19-6-4-3-5-7-19)31-29(35)40-27-17-39-28-21(27)10-11-38-28/h3-9,13,18,21,23,25,27-28,34H,10-12,14-17,30H2,1-2H3,(H,31,35)/t21-,23-,25+,27-,28+/m0/s1. The largest absolute Gasteiger partial charge is 0.443 e. The first-order chi connectivity index (χ1) is 20.2. The second kappa shape index (κ2) is 13.1. The molecule has 3 heterocycles. The van der Waals surface area contributed by atoms with Gasteiger partial charge in [-0.1, -0.05) is 49.3 Å². The Kier molecular flexibility index (Phi) is 9.45. The van der Waals surface area contributed by atoms with E-state index in [9.17, 15) is 18.3 Å². The maximum absolute atomic E-state index is 13.9. The molecule has 12 nitrogen and oxygen atoms in total. The summed E-state index contributed by atoms with van der Waals surface area (Å²) in [5, 5.41) is 18.7. The van der Waals surface area contributed by atoms with Gasteiger partial charge in [0.25, 0.3) is 0 Å². The fraction of sp³-hybridized carbons (Fsp3) is 0.517. The number of aromatic nitrogens is 1. The topological polar surface area (TPSA) is 166 Å². The number of aliphatic hydroxyl groups excluding tert-OH is 1. The number of benzene rings is 2. The summed E-state index contributed by atoms with van der Waals surface area (Å²) >= 11 is 0. The molecule has 2 aliphatic heterocycles. The zero-order chi connectivity index (χ0) is 29.9. The molecule has 42 heavy (non-hydrogen) atoms. The Labute approximate surface area is 245 Å². The van der Waals surface area contributed by atoms with Crippen LogP contribution in [-0.4, -0.2) is 79.9 Å². The highest BCUT2D eigenvalue weighted by atomic mass is 32.2. The summed E-state index contributed by atoms with van der Waals surface area (Å²) in [4.78, 5) is 13.1. The van der Waals surface area contributed by atoms with Crippen molar-refractivity contribution in [3.8, 4) is 0 Å².